The zero-order valence-electron chi connectivity index (χ0n) is 12.2. The van der Waals surface area contributed by atoms with Gasteiger partial charge in [-0.2, -0.15) is 0 Å². The van der Waals surface area contributed by atoms with E-state index < -0.39 is 0 Å². The van der Waals surface area contributed by atoms with Crippen LogP contribution in [0.25, 0.3) is 10.2 Å². The van der Waals surface area contributed by atoms with Crippen molar-refractivity contribution in [3.05, 3.63) is 21.8 Å². The number of hydrogen-bond acceptors (Lipinski definition) is 6. The molecule has 3 rings (SSSR count). The molecule has 1 saturated heterocycles. The van der Waals surface area contributed by atoms with Crippen LogP contribution in [0.5, 0.6) is 0 Å². The number of hydrogen-bond donors (Lipinski definition) is 1. The minimum absolute atomic E-state index is 0.0110. The quantitative estimate of drug-likeness (QED) is 0.839. The molecule has 1 fully saturated rings. The largest absolute Gasteiger partial charge is 0.379 e. The van der Waals surface area contributed by atoms with Gasteiger partial charge in [0.15, 0.2) is 0 Å². The zero-order valence-corrected chi connectivity index (χ0v) is 13.0. The van der Waals surface area contributed by atoms with Gasteiger partial charge < -0.3 is 10.1 Å². The van der Waals surface area contributed by atoms with Crippen LogP contribution in [-0.4, -0.2) is 53.8 Å². The van der Waals surface area contributed by atoms with Gasteiger partial charge in [0.05, 0.1) is 18.6 Å². The average molecular weight is 308 g/mol. The van der Waals surface area contributed by atoms with Gasteiger partial charge in [0, 0.05) is 26.7 Å². The number of rotatable bonds is 5. The Kier molecular flexibility index (Phi) is 4.52. The lowest BCUT2D eigenvalue weighted by atomic mass is 10.3. The maximum Gasteiger partial charge on any atom is 0.263 e. The molecule has 114 valence electrons. The molecule has 0 bridgehead atoms. The molecule has 0 atom stereocenters. The van der Waals surface area contributed by atoms with Crippen molar-refractivity contribution in [3.63, 3.8) is 0 Å². The van der Waals surface area contributed by atoms with Crippen molar-refractivity contribution in [2.75, 3.05) is 44.7 Å². The minimum Gasteiger partial charge on any atom is -0.379 e. The SMILES string of the molecule is Cn1c(NCCCN2CCOCC2)nc2sccc2c1=O. The molecule has 2 aromatic heterocycles. The van der Waals surface area contributed by atoms with Gasteiger partial charge in [0.25, 0.3) is 5.56 Å². The van der Waals surface area contributed by atoms with Gasteiger partial charge >= 0.3 is 0 Å². The summed E-state index contributed by atoms with van der Waals surface area (Å²) in [5, 5.41) is 5.88. The van der Waals surface area contributed by atoms with E-state index in [0.29, 0.717) is 11.3 Å². The standard InChI is InChI=1S/C14H20N4O2S/c1-17-13(19)11-3-10-21-12(11)16-14(17)15-4-2-5-18-6-8-20-9-7-18/h3,10H,2,4-9H2,1H3,(H,15,16). The predicted molar refractivity (Wildman–Crippen MR) is 85.2 cm³/mol. The molecule has 0 aliphatic carbocycles. The highest BCUT2D eigenvalue weighted by atomic mass is 32.1. The molecule has 2 aromatic rings. The van der Waals surface area contributed by atoms with E-state index in [0.717, 1.165) is 50.6 Å². The van der Waals surface area contributed by atoms with Crippen molar-refractivity contribution in [2.45, 2.75) is 6.42 Å². The van der Waals surface area contributed by atoms with Gasteiger partial charge in [-0.1, -0.05) is 0 Å². The maximum absolute atomic E-state index is 12.2. The van der Waals surface area contributed by atoms with E-state index in [9.17, 15) is 4.79 Å². The van der Waals surface area contributed by atoms with Crippen LogP contribution in [-0.2, 0) is 11.8 Å². The third-order valence-electron chi connectivity index (χ3n) is 3.74. The van der Waals surface area contributed by atoms with Crippen molar-refractivity contribution >= 4 is 27.5 Å². The molecule has 6 nitrogen and oxygen atoms in total. The Bertz CT molecular complexity index is 661. The van der Waals surface area contributed by atoms with Crippen molar-refractivity contribution < 1.29 is 4.74 Å². The first kappa shape index (κ1) is 14.5. The number of fused-ring (bicyclic) bond motifs is 1. The molecule has 0 unspecified atom stereocenters. The maximum atomic E-state index is 12.2. The summed E-state index contributed by atoms with van der Waals surface area (Å²) in [6, 6.07) is 1.83. The highest BCUT2D eigenvalue weighted by Crippen LogP contribution is 2.16. The fourth-order valence-electron chi connectivity index (χ4n) is 2.48. The third-order valence-corrected chi connectivity index (χ3v) is 4.55. The van der Waals surface area contributed by atoms with Gasteiger partial charge in [-0.25, -0.2) is 4.98 Å². The van der Waals surface area contributed by atoms with Crippen molar-refractivity contribution in [1.29, 1.82) is 0 Å². The van der Waals surface area contributed by atoms with Gasteiger partial charge in [0.2, 0.25) is 5.95 Å². The van der Waals surface area contributed by atoms with Gasteiger partial charge in [-0.3, -0.25) is 14.3 Å². The van der Waals surface area contributed by atoms with Gasteiger partial charge in [0.1, 0.15) is 4.83 Å². The first-order valence-corrected chi connectivity index (χ1v) is 8.12. The van der Waals surface area contributed by atoms with Crippen LogP contribution in [0.15, 0.2) is 16.2 Å². The zero-order chi connectivity index (χ0) is 14.7. The number of anilines is 1. The fourth-order valence-corrected chi connectivity index (χ4v) is 3.24. The first-order chi connectivity index (χ1) is 10.3. The summed E-state index contributed by atoms with van der Waals surface area (Å²) in [5.41, 5.74) is 0.0110. The molecule has 0 spiro atoms. The Morgan fingerprint density at radius 1 is 1.43 bits per heavy atom. The average Bonchev–Trinajstić information content (AvgIpc) is 2.98. The lowest BCUT2D eigenvalue weighted by Gasteiger charge is -2.26. The second-order valence-electron chi connectivity index (χ2n) is 5.17. The molecule has 1 N–H and O–H groups in total. The first-order valence-electron chi connectivity index (χ1n) is 7.24. The summed E-state index contributed by atoms with van der Waals surface area (Å²) >= 11 is 1.50. The number of aromatic nitrogens is 2. The highest BCUT2D eigenvalue weighted by molar-refractivity contribution is 7.16. The van der Waals surface area contributed by atoms with Crippen molar-refractivity contribution in [1.82, 2.24) is 14.5 Å². The Labute approximate surface area is 127 Å². The second kappa shape index (κ2) is 6.55. The van der Waals surface area contributed by atoms with E-state index in [1.807, 2.05) is 11.4 Å². The minimum atomic E-state index is 0.0110. The van der Waals surface area contributed by atoms with Crippen LogP contribution in [0.1, 0.15) is 6.42 Å². The number of ether oxygens (including phenoxy) is 1. The Hall–Kier alpha value is -1.44. The van der Waals surface area contributed by atoms with E-state index in [1.165, 1.54) is 11.3 Å². The molecule has 3 heterocycles. The number of nitrogens with zero attached hydrogens (tertiary/aromatic N) is 3. The van der Waals surface area contributed by atoms with Crippen LogP contribution in [0.4, 0.5) is 5.95 Å². The van der Waals surface area contributed by atoms with Crippen molar-refractivity contribution in [2.24, 2.45) is 7.05 Å². The van der Waals surface area contributed by atoms with Gasteiger partial charge in [-0.05, 0) is 24.4 Å². The second-order valence-corrected chi connectivity index (χ2v) is 6.07. The third kappa shape index (κ3) is 3.25. The van der Waals surface area contributed by atoms with Crippen LogP contribution < -0.4 is 10.9 Å². The molecule has 7 heteroatoms. The summed E-state index contributed by atoms with van der Waals surface area (Å²) < 4.78 is 6.92. The summed E-state index contributed by atoms with van der Waals surface area (Å²) in [7, 11) is 1.76. The summed E-state index contributed by atoms with van der Waals surface area (Å²) in [4.78, 5) is 19.9. The number of thiophene rings is 1. The molecular weight excluding hydrogens is 288 g/mol. The topological polar surface area (TPSA) is 59.4 Å². The number of nitrogens with one attached hydrogen (secondary N) is 1. The molecule has 21 heavy (non-hydrogen) atoms. The van der Waals surface area contributed by atoms with Crippen LogP contribution in [0.2, 0.25) is 0 Å². The van der Waals surface area contributed by atoms with Gasteiger partial charge in [-0.15, -0.1) is 11.3 Å². The molecule has 0 aromatic carbocycles. The fraction of sp³-hybridized carbons (Fsp3) is 0.571. The highest BCUT2D eigenvalue weighted by Gasteiger charge is 2.11. The summed E-state index contributed by atoms with van der Waals surface area (Å²) in [5.74, 6) is 0.650. The normalized spacial score (nSPS) is 16.4. The molecular formula is C14H20N4O2S. The molecule has 0 saturated carbocycles. The summed E-state index contributed by atoms with van der Waals surface area (Å²) in [6.07, 6.45) is 1.03. The summed E-state index contributed by atoms with van der Waals surface area (Å²) in [6.45, 7) is 5.55. The molecule has 0 radical (unpaired) electrons. The molecule has 0 amide bonds. The smallest absolute Gasteiger partial charge is 0.263 e. The van der Waals surface area contributed by atoms with E-state index in [2.05, 4.69) is 15.2 Å². The van der Waals surface area contributed by atoms with E-state index in [1.54, 1.807) is 11.6 Å². The molecule has 1 aliphatic rings. The van der Waals surface area contributed by atoms with E-state index in [-0.39, 0.29) is 5.56 Å². The monoisotopic (exact) mass is 308 g/mol. The van der Waals surface area contributed by atoms with E-state index in [4.69, 9.17) is 4.74 Å². The Morgan fingerprint density at radius 2 is 2.24 bits per heavy atom. The predicted octanol–water partition coefficient (Wildman–Crippen LogP) is 1.13. The van der Waals surface area contributed by atoms with Crippen molar-refractivity contribution in [3.8, 4) is 0 Å². The van der Waals surface area contributed by atoms with E-state index >= 15 is 0 Å². The molecule has 1 aliphatic heterocycles. The van der Waals surface area contributed by atoms with Crippen LogP contribution in [0.3, 0.4) is 0 Å². The lowest BCUT2D eigenvalue weighted by Crippen LogP contribution is -2.37. The van der Waals surface area contributed by atoms with Crippen LogP contribution >= 0.6 is 11.3 Å². The number of morpholine rings is 1. The van der Waals surface area contributed by atoms with Crippen LogP contribution in [0, 0.1) is 0 Å². The Balaban J connectivity index is 1.57. The Morgan fingerprint density at radius 3 is 3.05 bits per heavy atom. The lowest BCUT2D eigenvalue weighted by molar-refractivity contribution is 0.0378.